The van der Waals surface area contributed by atoms with E-state index in [0.717, 1.165) is 18.9 Å². The van der Waals surface area contributed by atoms with Crippen LogP contribution in [0.3, 0.4) is 0 Å². The maximum atomic E-state index is 11.6. The summed E-state index contributed by atoms with van der Waals surface area (Å²) in [6.45, 7) is 12.5. The minimum absolute atomic E-state index is 0. The maximum absolute atomic E-state index is 11.6. The molecule has 0 bridgehead atoms. The molecule has 144 valence electrons. The van der Waals surface area contributed by atoms with Crippen LogP contribution in [0.4, 0.5) is 4.79 Å². The number of aliphatic imine (C=N–C) groups is 1. The van der Waals surface area contributed by atoms with Crippen LogP contribution in [0.25, 0.3) is 0 Å². The number of aromatic nitrogens is 3. The number of guanidine groups is 1. The Labute approximate surface area is 166 Å². The van der Waals surface area contributed by atoms with Gasteiger partial charge in [-0.3, -0.25) is 0 Å². The van der Waals surface area contributed by atoms with Gasteiger partial charge in [-0.25, -0.2) is 9.79 Å². The Morgan fingerprint density at radius 3 is 2.52 bits per heavy atom. The molecule has 0 atom stereocenters. The molecule has 0 saturated heterocycles. The molecule has 3 N–H and O–H groups in total. The average molecular weight is 467 g/mol. The van der Waals surface area contributed by atoms with Gasteiger partial charge in [-0.1, -0.05) is 0 Å². The Morgan fingerprint density at radius 1 is 1.24 bits per heavy atom. The zero-order valence-electron chi connectivity index (χ0n) is 15.6. The molecule has 1 amide bonds. The van der Waals surface area contributed by atoms with E-state index in [1.54, 1.807) is 6.33 Å². The lowest BCUT2D eigenvalue weighted by Crippen LogP contribution is -2.42. The summed E-state index contributed by atoms with van der Waals surface area (Å²) >= 11 is 0. The highest BCUT2D eigenvalue weighted by Crippen LogP contribution is 2.05. The molecule has 9 nitrogen and oxygen atoms in total. The second-order valence-corrected chi connectivity index (χ2v) is 6.08. The number of ether oxygens (including phenoxy) is 1. The summed E-state index contributed by atoms with van der Waals surface area (Å²) in [7, 11) is 0. The number of amides is 1. The number of nitrogens with one attached hydrogen (secondary N) is 3. The lowest BCUT2D eigenvalue weighted by atomic mass is 10.2. The molecule has 0 aromatic carbocycles. The van der Waals surface area contributed by atoms with Crippen LogP contribution in [0.15, 0.2) is 11.3 Å². The number of nitrogens with zero attached hydrogens (tertiary/aromatic N) is 4. The normalized spacial score (nSPS) is 11.5. The van der Waals surface area contributed by atoms with Crippen molar-refractivity contribution in [1.82, 2.24) is 30.7 Å². The SMILES string of the molecule is CCNC(=NCc1nncn1CC)NCCNC(=O)OC(C)(C)C.I. The van der Waals surface area contributed by atoms with Crippen molar-refractivity contribution in [2.45, 2.75) is 53.3 Å². The number of hydrogen-bond acceptors (Lipinski definition) is 5. The lowest BCUT2D eigenvalue weighted by molar-refractivity contribution is 0.0529. The number of aryl methyl sites for hydroxylation is 1. The van der Waals surface area contributed by atoms with Gasteiger partial charge in [0.15, 0.2) is 11.8 Å². The molecule has 0 fully saturated rings. The number of hydrogen-bond donors (Lipinski definition) is 3. The topological polar surface area (TPSA) is 105 Å². The second kappa shape index (κ2) is 11.9. The highest BCUT2D eigenvalue weighted by atomic mass is 127. The summed E-state index contributed by atoms with van der Waals surface area (Å²) in [6, 6.07) is 0. The van der Waals surface area contributed by atoms with Crippen LogP contribution < -0.4 is 16.0 Å². The summed E-state index contributed by atoms with van der Waals surface area (Å²) in [5.41, 5.74) is -0.497. The van der Waals surface area contributed by atoms with Crippen molar-refractivity contribution in [1.29, 1.82) is 0 Å². The van der Waals surface area contributed by atoms with Crippen molar-refractivity contribution < 1.29 is 9.53 Å². The van der Waals surface area contributed by atoms with Crippen molar-refractivity contribution >= 4 is 36.0 Å². The van der Waals surface area contributed by atoms with Crippen LogP contribution in [0.2, 0.25) is 0 Å². The first-order valence-electron chi connectivity index (χ1n) is 8.21. The largest absolute Gasteiger partial charge is 0.444 e. The Bertz CT molecular complexity index is 540. The number of alkyl carbamates (subject to hydrolysis) is 1. The van der Waals surface area contributed by atoms with Gasteiger partial charge < -0.3 is 25.3 Å². The zero-order valence-corrected chi connectivity index (χ0v) is 18.0. The van der Waals surface area contributed by atoms with E-state index in [-0.39, 0.29) is 24.0 Å². The number of halogens is 1. The third-order valence-electron chi connectivity index (χ3n) is 2.84. The molecule has 0 aliphatic rings. The van der Waals surface area contributed by atoms with Crippen LogP contribution in [-0.4, -0.2) is 52.1 Å². The standard InChI is InChI=1S/C15H29N7O2.HI/c1-6-16-13(19-10-12-21-20-11-22(12)7-2)17-8-9-18-14(23)24-15(3,4)5;/h11H,6-10H2,1-5H3,(H,18,23)(H2,16,17,19);1H. The smallest absolute Gasteiger partial charge is 0.407 e. The lowest BCUT2D eigenvalue weighted by Gasteiger charge is -2.19. The molecule has 1 rings (SSSR count). The first-order valence-corrected chi connectivity index (χ1v) is 8.21. The molecule has 0 radical (unpaired) electrons. The van der Waals surface area contributed by atoms with E-state index < -0.39 is 11.7 Å². The highest BCUT2D eigenvalue weighted by Gasteiger charge is 2.15. The van der Waals surface area contributed by atoms with Crippen molar-refractivity contribution in [2.75, 3.05) is 19.6 Å². The van der Waals surface area contributed by atoms with E-state index in [1.165, 1.54) is 0 Å². The van der Waals surface area contributed by atoms with E-state index in [4.69, 9.17) is 4.74 Å². The Kier molecular flexibility index (Phi) is 11.1. The van der Waals surface area contributed by atoms with Crippen LogP contribution in [0.1, 0.15) is 40.4 Å². The van der Waals surface area contributed by atoms with Gasteiger partial charge in [-0.05, 0) is 34.6 Å². The van der Waals surface area contributed by atoms with E-state index in [2.05, 4.69) is 31.1 Å². The van der Waals surface area contributed by atoms with Crippen LogP contribution in [0, 0.1) is 0 Å². The number of rotatable bonds is 7. The fourth-order valence-electron chi connectivity index (χ4n) is 1.82. The molecule has 0 unspecified atom stereocenters. The number of carbonyl (C=O) groups excluding carboxylic acids is 1. The molecule has 25 heavy (non-hydrogen) atoms. The van der Waals surface area contributed by atoms with E-state index in [0.29, 0.717) is 25.6 Å². The number of carbonyl (C=O) groups is 1. The zero-order chi connectivity index (χ0) is 18.0. The highest BCUT2D eigenvalue weighted by molar-refractivity contribution is 14.0. The van der Waals surface area contributed by atoms with Gasteiger partial charge in [0.05, 0.1) is 0 Å². The van der Waals surface area contributed by atoms with Gasteiger partial charge in [0.2, 0.25) is 0 Å². The quantitative estimate of drug-likeness (QED) is 0.243. The minimum atomic E-state index is -0.497. The molecule has 0 spiro atoms. The van der Waals surface area contributed by atoms with Crippen LogP contribution in [-0.2, 0) is 17.8 Å². The van der Waals surface area contributed by atoms with Gasteiger partial charge in [0, 0.05) is 26.2 Å². The molecule has 1 aromatic rings. The molecule has 0 aliphatic carbocycles. The van der Waals surface area contributed by atoms with Gasteiger partial charge in [0.1, 0.15) is 18.5 Å². The van der Waals surface area contributed by atoms with Gasteiger partial charge in [0.25, 0.3) is 0 Å². The molecule has 1 aromatic heterocycles. The monoisotopic (exact) mass is 467 g/mol. The van der Waals surface area contributed by atoms with E-state index in [1.807, 2.05) is 39.2 Å². The van der Waals surface area contributed by atoms with E-state index >= 15 is 0 Å². The minimum Gasteiger partial charge on any atom is -0.444 e. The third kappa shape index (κ3) is 10.1. The predicted molar refractivity (Wildman–Crippen MR) is 108 cm³/mol. The molecular formula is C15H30IN7O2. The fourth-order valence-corrected chi connectivity index (χ4v) is 1.82. The van der Waals surface area contributed by atoms with Gasteiger partial charge in [-0.2, -0.15) is 0 Å². The maximum Gasteiger partial charge on any atom is 0.407 e. The molecule has 1 heterocycles. The summed E-state index contributed by atoms with van der Waals surface area (Å²) in [6.07, 6.45) is 1.26. The van der Waals surface area contributed by atoms with Crippen molar-refractivity contribution in [3.8, 4) is 0 Å². The van der Waals surface area contributed by atoms with E-state index in [9.17, 15) is 4.79 Å². The van der Waals surface area contributed by atoms with Crippen molar-refractivity contribution in [3.05, 3.63) is 12.2 Å². The average Bonchev–Trinajstić information content (AvgIpc) is 2.94. The van der Waals surface area contributed by atoms with Crippen molar-refractivity contribution in [2.24, 2.45) is 4.99 Å². The summed E-state index contributed by atoms with van der Waals surface area (Å²) < 4.78 is 7.11. The Balaban J connectivity index is 0.00000576. The fraction of sp³-hybridized carbons (Fsp3) is 0.733. The second-order valence-electron chi connectivity index (χ2n) is 6.08. The summed E-state index contributed by atoms with van der Waals surface area (Å²) in [5, 5.41) is 16.9. The van der Waals surface area contributed by atoms with Gasteiger partial charge in [-0.15, -0.1) is 34.2 Å². The molecule has 0 saturated carbocycles. The molecular weight excluding hydrogens is 437 g/mol. The molecule has 0 aliphatic heterocycles. The first-order chi connectivity index (χ1) is 11.4. The first kappa shape index (κ1) is 23.4. The summed E-state index contributed by atoms with van der Waals surface area (Å²) in [5.74, 6) is 1.47. The van der Waals surface area contributed by atoms with Crippen LogP contribution >= 0.6 is 24.0 Å². The summed E-state index contributed by atoms with van der Waals surface area (Å²) in [4.78, 5) is 16.0. The molecule has 10 heteroatoms. The van der Waals surface area contributed by atoms with Crippen LogP contribution in [0.5, 0.6) is 0 Å². The Hall–Kier alpha value is -1.59. The van der Waals surface area contributed by atoms with Crippen molar-refractivity contribution in [3.63, 3.8) is 0 Å². The third-order valence-corrected chi connectivity index (χ3v) is 2.84. The van der Waals surface area contributed by atoms with Gasteiger partial charge >= 0.3 is 6.09 Å². The Morgan fingerprint density at radius 2 is 1.92 bits per heavy atom. The predicted octanol–water partition coefficient (Wildman–Crippen LogP) is 1.50.